The van der Waals surface area contributed by atoms with Crippen molar-refractivity contribution in [3.8, 4) is 0 Å². The smallest absolute Gasteiger partial charge is 0.150 e. The molecule has 2 saturated heterocycles. The van der Waals surface area contributed by atoms with E-state index < -0.39 is 0 Å². The van der Waals surface area contributed by atoms with E-state index in [2.05, 4.69) is 11.8 Å². The van der Waals surface area contributed by atoms with E-state index in [9.17, 15) is 4.79 Å². The Hall–Kier alpha value is 0.370. The number of fused-ring (bicyclic) bond motifs is 1. The van der Waals surface area contributed by atoms with E-state index in [1.807, 2.05) is 11.8 Å². The van der Waals surface area contributed by atoms with E-state index >= 15 is 0 Å². The Morgan fingerprint density at radius 2 is 1.67 bits per heavy atom. The summed E-state index contributed by atoms with van der Waals surface area (Å²) in [7, 11) is 0. The molecule has 0 bridgehead atoms. The molecule has 1 aliphatic carbocycles. The Kier molecular flexibility index (Phi) is 2.59. The van der Waals surface area contributed by atoms with Crippen LogP contribution >= 0.6 is 23.5 Å². The third kappa shape index (κ3) is 1.35. The second-order valence-electron chi connectivity index (χ2n) is 5.00. The van der Waals surface area contributed by atoms with Crippen molar-refractivity contribution in [1.29, 1.82) is 0 Å². The molecule has 3 rings (SSSR count). The highest BCUT2D eigenvalue weighted by Gasteiger charge is 2.60. The fourth-order valence-corrected chi connectivity index (χ4v) is 7.34. The molecule has 2 heterocycles. The van der Waals surface area contributed by atoms with Gasteiger partial charge in [0.1, 0.15) is 5.78 Å². The van der Waals surface area contributed by atoms with Gasteiger partial charge in [-0.3, -0.25) is 4.79 Å². The lowest BCUT2D eigenvalue weighted by Crippen LogP contribution is -2.54. The molecule has 1 nitrogen and oxygen atoms in total. The second-order valence-corrected chi connectivity index (χ2v) is 7.87. The van der Waals surface area contributed by atoms with Crippen molar-refractivity contribution in [3.63, 3.8) is 0 Å². The van der Waals surface area contributed by atoms with Crippen molar-refractivity contribution in [2.75, 3.05) is 11.5 Å². The van der Waals surface area contributed by atoms with E-state index in [-0.39, 0.29) is 4.75 Å². The highest BCUT2D eigenvalue weighted by atomic mass is 32.2. The third-order valence-electron chi connectivity index (χ3n) is 4.30. The molecule has 84 valence electrons. The second kappa shape index (κ2) is 3.69. The fourth-order valence-electron chi connectivity index (χ4n) is 3.62. The number of thioether (sulfide) groups is 2. The zero-order valence-electron chi connectivity index (χ0n) is 9.09. The number of carbonyl (C=O) groups is 1. The average Bonchev–Trinajstić information content (AvgIpc) is 2.84. The highest BCUT2D eigenvalue weighted by molar-refractivity contribution is 8.05. The normalized spacial score (nSPS) is 45.7. The number of rotatable bonds is 0. The zero-order valence-corrected chi connectivity index (χ0v) is 10.7. The van der Waals surface area contributed by atoms with Gasteiger partial charge in [-0.25, -0.2) is 0 Å². The van der Waals surface area contributed by atoms with Gasteiger partial charge in [0, 0.05) is 11.2 Å². The van der Waals surface area contributed by atoms with Gasteiger partial charge >= 0.3 is 0 Å². The number of Topliss-reactive ketones (excluding diaryl/α,β-unsaturated/α-hetero) is 1. The lowest BCUT2D eigenvalue weighted by atomic mass is 9.73. The maximum Gasteiger partial charge on any atom is 0.150 e. The van der Waals surface area contributed by atoms with Crippen molar-refractivity contribution in [3.05, 3.63) is 0 Å². The Morgan fingerprint density at radius 3 is 2.33 bits per heavy atom. The van der Waals surface area contributed by atoms with Crippen LogP contribution in [0.25, 0.3) is 0 Å². The summed E-state index contributed by atoms with van der Waals surface area (Å²) < 4.78 is 0.399. The van der Waals surface area contributed by atoms with Crippen LogP contribution in [-0.2, 0) is 4.79 Å². The summed E-state index contributed by atoms with van der Waals surface area (Å²) in [6.45, 7) is 0. The first-order chi connectivity index (χ1) is 7.29. The topological polar surface area (TPSA) is 17.1 Å². The van der Waals surface area contributed by atoms with E-state index in [0.717, 1.165) is 12.8 Å². The van der Waals surface area contributed by atoms with Crippen LogP contribution in [0.5, 0.6) is 0 Å². The predicted molar refractivity (Wildman–Crippen MR) is 67.7 cm³/mol. The van der Waals surface area contributed by atoms with Gasteiger partial charge in [0.25, 0.3) is 0 Å². The van der Waals surface area contributed by atoms with E-state index in [0.29, 0.717) is 10.5 Å². The van der Waals surface area contributed by atoms with Crippen molar-refractivity contribution < 1.29 is 4.79 Å². The number of ketones is 1. The van der Waals surface area contributed by atoms with Gasteiger partial charge in [0.2, 0.25) is 0 Å². The molecule has 3 fully saturated rings. The standard InChI is InChI=1S/C12H18OS2/c13-10-4-1-5-11(6-2-8-14-11)12(10)7-3-9-15-12/h1-9H2/t11-,12+/m1/s1. The van der Waals surface area contributed by atoms with Crippen LogP contribution in [-0.4, -0.2) is 26.8 Å². The molecule has 0 radical (unpaired) electrons. The molecule has 0 unspecified atom stereocenters. The summed E-state index contributed by atoms with van der Waals surface area (Å²) in [5, 5.41) is 0. The van der Waals surface area contributed by atoms with Crippen LogP contribution in [0.2, 0.25) is 0 Å². The lowest BCUT2D eigenvalue weighted by Gasteiger charge is -2.47. The van der Waals surface area contributed by atoms with Crippen molar-refractivity contribution >= 4 is 29.3 Å². The molecule has 0 aromatic rings. The largest absolute Gasteiger partial charge is 0.298 e. The van der Waals surface area contributed by atoms with Crippen LogP contribution in [0.1, 0.15) is 44.9 Å². The molecule has 0 aromatic heterocycles. The van der Waals surface area contributed by atoms with Gasteiger partial charge in [-0.1, -0.05) is 0 Å². The molecule has 2 aliphatic heterocycles. The summed E-state index contributed by atoms with van der Waals surface area (Å²) >= 11 is 4.12. The number of hydrogen-bond donors (Lipinski definition) is 0. The quantitative estimate of drug-likeness (QED) is 0.649. The van der Waals surface area contributed by atoms with E-state index in [1.54, 1.807) is 0 Å². The minimum Gasteiger partial charge on any atom is -0.298 e. The van der Waals surface area contributed by atoms with Crippen molar-refractivity contribution in [1.82, 2.24) is 0 Å². The van der Waals surface area contributed by atoms with Crippen LogP contribution in [0.4, 0.5) is 0 Å². The molecular formula is C12H18OS2. The summed E-state index contributed by atoms with van der Waals surface area (Å²) in [6.07, 6.45) is 8.37. The lowest BCUT2D eigenvalue weighted by molar-refractivity contribution is -0.123. The third-order valence-corrected chi connectivity index (χ3v) is 8.04. The van der Waals surface area contributed by atoms with Gasteiger partial charge in [-0.15, -0.1) is 11.8 Å². The summed E-state index contributed by atoms with van der Waals surface area (Å²) in [6, 6.07) is 0. The van der Waals surface area contributed by atoms with Crippen LogP contribution in [0.15, 0.2) is 0 Å². The molecule has 3 aliphatic rings. The van der Waals surface area contributed by atoms with E-state index in [1.165, 1.54) is 43.6 Å². The molecule has 2 atom stereocenters. The van der Waals surface area contributed by atoms with Crippen LogP contribution < -0.4 is 0 Å². The van der Waals surface area contributed by atoms with Gasteiger partial charge in [0.05, 0.1) is 4.75 Å². The van der Waals surface area contributed by atoms with Crippen molar-refractivity contribution in [2.45, 2.75) is 54.4 Å². The molecule has 15 heavy (non-hydrogen) atoms. The molecule has 2 spiro atoms. The predicted octanol–water partition coefficient (Wildman–Crippen LogP) is 3.27. The molecule has 0 N–H and O–H groups in total. The maximum atomic E-state index is 12.3. The Bertz CT molecular complexity index is 275. The number of carbonyl (C=O) groups excluding carboxylic acids is 1. The summed E-state index contributed by atoms with van der Waals surface area (Å²) in [5.74, 6) is 3.09. The Labute approximate surface area is 100 Å². The summed E-state index contributed by atoms with van der Waals surface area (Å²) in [5.41, 5.74) is 0. The maximum absolute atomic E-state index is 12.3. The van der Waals surface area contributed by atoms with Crippen LogP contribution in [0, 0.1) is 0 Å². The van der Waals surface area contributed by atoms with Gasteiger partial charge in [0.15, 0.2) is 0 Å². The van der Waals surface area contributed by atoms with Crippen molar-refractivity contribution in [2.24, 2.45) is 0 Å². The molecular weight excluding hydrogens is 224 g/mol. The molecule has 3 heteroatoms. The van der Waals surface area contributed by atoms with Gasteiger partial charge in [-0.2, -0.15) is 11.8 Å². The minimum atomic E-state index is 0.0480. The molecule has 0 aromatic carbocycles. The zero-order chi connectivity index (χ0) is 10.4. The fraction of sp³-hybridized carbons (Fsp3) is 0.917. The first-order valence-electron chi connectivity index (χ1n) is 6.10. The van der Waals surface area contributed by atoms with Gasteiger partial charge in [-0.05, 0) is 50.0 Å². The monoisotopic (exact) mass is 242 g/mol. The first-order valence-corrected chi connectivity index (χ1v) is 8.08. The minimum absolute atomic E-state index is 0.0480. The highest BCUT2D eigenvalue weighted by Crippen LogP contribution is 2.61. The molecule has 0 amide bonds. The molecule has 1 saturated carbocycles. The number of hydrogen-bond acceptors (Lipinski definition) is 3. The SMILES string of the molecule is O=C1CCC[C@@]2(CCCS2)[C@]12CCCS2. The first kappa shape index (κ1) is 10.5. The summed E-state index contributed by atoms with van der Waals surface area (Å²) in [4.78, 5) is 12.3. The van der Waals surface area contributed by atoms with E-state index in [4.69, 9.17) is 0 Å². The average molecular weight is 242 g/mol. The van der Waals surface area contributed by atoms with Crippen LogP contribution in [0.3, 0.4) is 0 Å². The Morgan fingerprint density at radius 1 is 0.933 bits per heavy atom. The van der Waals surface area contributed by atoms with Gasteiger partial charge < -0.3 is 0 Å². The Balaban J connectivity index is 2.00.